The molecular weight excluding hydrogens is 304 g/mol. The average molecular weight is 331 g/mol. The maximum absolute atomic E-state index is 14.0. The van der Waals surface area contributed by atoms with Crippen LogP contribution in [0.15, 0.2) is 66.9 Å². The van der Waals surface area contributed by atoms with Crippen LogP contribution in [-0.2, 0) is 6.42 Å². The van der Waals surface area contributed by atoms with Crippen molar-refractivity contribution in [3.05, 3.63) is 78.0 Å². The molecule has 0 saturated heterocycles. The van der Waals surface area contributed by atoms with Crippen molar-refractivity contribution < 1.29 is 8.78 Å². The van der Waals surface area contributed by atoms with Crippen LogP contribution in [0.5, 0.6) is 0 Å². The summed E-state index contributed by atoms with van der Waals surface area (Å²) in [5, 5.41) is 0. The van der Waals surface area contributed by atoms with Crippen molar-refractivity contribution in [1.29, 1.82) is 0 Å². The summed E-state index contributed by atoms with van der Waals surface area (Å²) < 4.78 is 27.7. The fraction of sp³-hybridized carbons (Fsp3) is 0.333. The number of allylic oxidation sites excluding steroid dienone is 5. The predicted molar refractivity (Wildman–Crippen MR) is 100 cm³/mol. The van der Waals surface area contributed by atoms with Crippen LogP contribution in [0.4, 0.5) is 8.78 Å². The zero-order valence-corrected chi connectivity index (χ0v) is 15.0. The second-order valence-electron chi connectivity index (χ2n) is 6.78. The third-order valence-electron chi connectivity index (χ3n) is 4.08. The van der Waals surface area contributed by atoms with Gasteiger partial charge in [0.15, 0.2) is 0 Å². The number of rotatable bonds is 7. The Morgan fingerprint density at radius 3 is 2.12 bits per heavy atom. The van der Waals surface area contributed by atoms with Gasteiger partial charge in [-0.25, -0.2) is 8.78 Å². The molecule has 0 bridgehead atoms. The average Bonchev–Trinajstić information content (AvgIpc) is 2.51. The Morgan fingerprint density at radius 2 is 1.67 bits per heavy atom. The summed E-state index contributed by atoms with van der Waals surface area (Å²) in [5.74, 6) is 0. The summed E-state index contributed by atoms with van der Waals surface area (Å²) in [6, 6.07) is 7.40. The number of benzene rings is 1. The molecule has 1 aromatic carbocycles. The van der Waals surface area contributed by atoms with Crippen molar-refractivity contribution in [2.45, 2.75) is 45.5 Å². The topological polar surface area (TPSA) is 26.0 Å². The Hall–Kier alpha value is -2.16. The van der Waals surface area contributed by atoms with Crippen LogP contribution in [0.1, 0.15) is 38.8 Å². The van der Waals surface area contributed by atoms with Gasteiger partial charge >= 0.3 is 0 Å². The maximum Gasteiger partial charge on any atom is 0.130 e. The first-order valence-electron chi connectivity index (χ1n) is 7.91. The fourth-order valence-electron chi connectivity index (χ4n) is 1.98. The van der Waals surface area contributed by atoms with Gasteiger partial charge < -0.3 is 5.73 Å². The molecule has 130 valence electrons. The molecule has 2 N–H and O–H groups in total. The van der Waals surface area contributed by atoms with Gasteiger partial charge in [-0.1, -0.05) is 49.6 Å². The molecule has 1 atom stereocenters. The molecule has 0 aliphatic heterocycles. The minimum absolute atomic E-state index is 0.266. The van der Waals surface area contributed by atoms with Crippen molar-refractivity contribution in [3.63, 3.8) is 0 Å². The number of hydrogen-bond acceptors (Lipinski definition) is 1. The van der Waals surface area contributed by atoms with E-state index in [0.717, 1.165) is 11.1 Å². The molecule has 0 heterocycles. The van der Waals surface area contributed by atoms with E-state index in [1.807, 2.05) is 24.3 Å². The highest BCUT2D eigenvalue weighted by molar-refractivity contribution is 5.76. The SMILES string of the molecule is C=CC(C)(F)Cc1ccc(C(=C)/C(N)=C\C=C(/C)C(C)(C)F)cc1. The molecule has 0 aliphatic rings. The number of nitrogens with two attached hydrogens (primary N) is 1. The van der Waals surface area contributed by atoms with Gasteiger partial charge in [0, 0.05) is 12.1 Å². The number of alkyl halides is 2. The predicted octanol–water partition coefficient (Wildman–Crippen LogP) is 5.69. The summed E-state index contributed by atoms with van der Waals surface area (Å²) in [6.07, 6.45) is 4.89. The van der Waals surface area contributed by atoms with Crippen molar-refractivity contribution in [2.75, 3.05) is 0 Å². The van der Waals surface area contributed by atoms with Crippen LogP contribution in [0, 0.1) is 0 Å². The van der Waals surface area contributed by atoms with E-state index in [1.54, 1.807) is 19.1 Å². The molecule has 3 heteroatoms. The molecule has 0 aliphatic carbocycles. The molecule has 1 nitrogen and oxygen atoms in total. The molecule has 0 spiro atoms. The van der Waals surface area contributed by atoms with Crippen LogP contribution < -0.4 is 5.73 Å². The molecular formula is C21H27F2N. The Labute approximate surface area is 144 Å². The summed E-state index contributed by atoms with van der Waals surface area (Å²) >= 11 is 0. The summed E-state index contributed by atoms with van der Waals surface area (Å²) in [5.41, 5.74) is 6.62. The quantitative estimate of drug-likeness (QED) is 0.504. The molecule has 0 radical (unpaired) electrons. The van der Waals surface area contributed by atoms with Crippen LogP contribution in [0.25, 0.3) is 5.57 Å². The van der Waals surface area contributed by atoms with E-state index >= 15 is 0 Å². The largest absolute Gasteiger partial charge is 0.398 e. The van der Waals surface area contributed by atoms with Gasteiger partial charge in [0.05, 0.1) is 0 Å². The van der Waals surface area contributed by atoms with Crippen LogP contribution >= 0.6 is 0 Å². The Morgan fingerprint density at radius 1 is 1.12 bits per heavy atom. The monoisotopic (exact) mass is 331 g/mol. The van der Waals surface area contributed by atoms with Gasteiger partial charge in [-0.3, -0.25) is 0 Å². The smallest absolute Gasteiger partial charge is 0.130 e. The first kappa shape index (κ1) is 19.9. The Kier molecular flexibility index (Phi) is 6.30. The summed E-state index contributed by atoms with van der Waals surface area (Å²) in [7, 11) is 0. The van der Waals surface area contributed by atoms with Crippen molar-refractivity contribution >= 4 is 5.57 Å². The van der Waals surface area contributed by atoms with Crippen LogP contribution in [0.3, 0.4) is 0 Å². The minimum atomic E-state index is -1.43. The van der Waals surface area contributed by atoms with E-state index in [-0.39, 0.29) is 6.42 Å². The van der Waals surface area contributed by atoms with Gasteiger partial charge in [-0.2, -0.15) is 0 Å². The molecule has 0 aromatic heterocycles. The highest BCUT2D eigenvalue weighted by Crippen LogP contribution is 2.24. The van der Waals surface area contributed by atoms with Crippen molar-refractivity contribution in [1.82, 2.24) is 0 Å². The van der Waals surface area contributed by atoms with Gasteiger partial charge in [0.25, 0.3) is 0 Å². The Balaban J connectivity index is 2.90. The standard InChI is InChI=1S/C21H27F2N/c1-7-21(6,23)14-17-9-11-18(12-10-17)16(3)19(24)13-8-15(2)20(4,5)22/h7-13H,1,3,14,24H2,2,4-6H3/b15-8+,19-13+. The third kappa shape index (κ3) is 5.80. The van der Waals surface area contributed by atoms with Gasteiger partial charge in [0.1, 0.15) is 11.3 Å². The zero-order chi connectivity index (χ0) is 18.5. The molecule has 0 saturated carbocycles. The van der Waals surface area contributed by atoms with E-state index in [9.17, 15) is 8.78 Å². The number of halogens is 2. The molecule has 0 amide bonds. The van der Waals surface area contributed by atoms with Crippen LogP contribution in [0.2, 0.25) is 0 Å². The first-order valence-corrected chi connectivity index (χ1v) is 7.91. The minimum Gasteiger partial charge on any atom is -0.398 e. The number of hydrogen-bond donors (Lipinski definition) is 1. The van der Waals surface area contributed by atoms with Gasteiger partial charge in [-0.15, -0.1) is 0 Å². The lowest BCUT2D eigenvalue weighted by Gasteiger charge is -2.16. The lowest BCUT2D eigenvalue weighted by molar-refractivity contribution is 0.257. The lowest BCUT2D eigenvalue weighted by Crippen LogP contribution is -2.17. The molecule has 24 heavy (non-hydrogen) atoms. The van der Waals surface area contributed by atoms with Gasteiger partial charge in [-0.05, 0) is 56.0 Å². The van der Waals surface area contributed by atoms with Crippen molar-refractivity contribution in [3.8, 4) is 0 Å². The maximum atomic E-state index is 14.0. The van der Waals surface area contributed by atoms with E-state index in [0.29, 0.717) is 16.8 Å². The van der Waals surface area contributed by atoms with E-state index < -0.39 is 11.3 Å². The molecule has 0 fully saturated rings. The second kappa shape index (κ2) is 7.61. The normalized spacial score (nSPS) is 15.8. The van der Waals surface area contributed by atoms with Crippen molar-refractivity contribution in [2.24, 2.45) is 5.73 Å². The van der Waals surface area contributed by atoms with E-state index in [2.05, 4.69) is 13.2 Å². The second-order valence-corrected chi connectivity index (χ2v) is 6.78. The summed E-state index contributed by atoms with van der Waals surface area (Å²) in [6.45, 7) is 13.7. The van der Waals surface area contributed by atoms with E-state index in [4.69, 9.17) is 5.73 Å². The Bertz CT molecular complexity index is 656. The first-order chi connectivity index (χ1) is 11.0. The molecule has 1 unspecified atom stereocenters. The molecule has 1 aromatic rings. The molecule has 1 rings (SSSR count). The summed E-state index contributed by atoms with van der Waals surface area (Å²) in [4.78, 5) is 0. The van der Waals surface area contributed by atoms with E-state index in [1.165, 1.54) is 26.8 Å². The van der Waals surface area contributed by atoms with Gasteiger partial charge in [0.2, 0.25) is 0 Å². The zero-order valence-electron chi connectivity index (χ0n) is 15.0. The lowest BCUT2D eigenvalue weighted by atomic mass is 9.95. The highest BCUT2D eigenvalue weighted by Gasteiger charge is 2.19. The third-order valence-corrected chi connectivity index (χ3v) is 4.08. The van der Waals surface area contributed by atoms with Crippen LogP contribution in [-0.4, -0.2) is 11.3 Å². The fourth-order valence-corrected chi connectivity index (χ4v) is 1.98. The highest BCUT2D eigenvalue weighted by atomic mass is 19.1.